The monoisotopic (exact) mass is 373 g/mol. The number of hydrogen-bond donors (Lipinski definition) is 0. The minimum absolute atomic E-state index is 0.0489. The van der Waals surface area contributed by atoms with Crippen molar-refractivity contribution in [1.82, 2.24) is 15.0 Å². The van der Waals surface area contributed by atoms with E-state index in [1.807, 2.05) is 13.8 Å². The molecule has 1 fully saturated rings. The van der Waals surface area contributed by atoms with Crippen LogP contribution < -0.4 is 0 Å². The van der Waals surface area contributed by atoms with Crippen LogP contribution >= 0.6 is 11.3 Å². The van der Waals surface area contributed by atoms with E-state index in [0.29, 0.717) is 17.3 Å². The first-order valence-electron chi connectivity index (χ1n) is 7.97. The number of rotatable bonds is 5. The fraction of sp³-hybridized carbons (Fsp3) is 0.562. The second kappa shape index (κ2) is 6.44. The van der Waals surface area contributed by atoms with Crippen molar-refractivity contribution in [3.63, 3.8) is 0 Å². The summed E-state index contributed by atoms with van der Waals surface area (Å²) in [6.45, 7) is 6.38. The standard InChI is InChI=1S/C16H18F3N3O2S/c1-8(2)22(14(23)11-6-9(11)3)7-10-4-5-12(25-10)13-20-15(24-21-13)16(17,18)19/h4-5,8-9,11H,6-7H2,1-3H3. The number of thiophene rings is 1. The fourth-order valence-electron chi connectivity index (χ4n) is 2.58. The third kappa shape index (κ3) is 3.86. The van der Waals surface area contributed by atoms with Gasteiger partial charge in [0.25, 0.3) is 0 Å². The van der Waals surface area contributed by atoms with Gasteiger partial charge >= 0.3 is 12.1 Å². The maximum absolute atomic E-state index is 12.5. The minimum atomic E-state index is -4.66. The Balaban J connectivity index is 1.74. The summed E-state index contributed by atoms with van der Waals surface area (Å²) in [6.07, 6.45) is -3.74. The van der Waals surface area contributed by atoms with E-state index in [0.717, 1.165) is 11.3 Å². The van der Waals surface area contributed by atoms with Gasteiger partial charge in [-0.25, -0.2) is 0 Å². The van der Waals surface area contributed by atoms with E-state index >= 15 is 0 Å². The van der Waals surface area contributed by atoms with Gasteiger partial charge in [-0.2, -0.15) is 18.2 Å². The quantitative estimate of drug-likeness (QED) is 0.788. The number of carbonyl (C=O) groups is 1. The highest BCUT2D eigenvalue weighted by molar-refractivity contribution is 7.15. The molecule has 3 rings (SSSR count). The molecule has 0 aromatic carbocycles. The molecule has 1 aliphatic carbocycles. The molecule has 0 aliphatic heterocycles. The Morgan fingerprint density at radius 1 is 1.44 bits per heavy atom. The Morgan fingerprint density at radius 3 is 2.64 bits per heavy atom. The van der Waals surface area contributed by atoms with Crippen LogP contribution in [-0.2, 0) is 17.5 Å². The number of halogens is 3. The molecule has 1 aliphatic rings. The van der Waals surface area contributed by atoms with Crippen molar-refractivity contribution in [2.24, 2.45) is 11.8 Å². The predicted octanol–water partition coefficient (Wildman–Crippen LogP) is 4.21. The van der Waals surface area contributed by atoms with Crippen LogP contribution in [0.25, 0.3) is 10.7 Å². The van der Waals surface area contributed by atoms with Crippen LogP contribution in [0, 0.1) is 11.8 Å². The summed E-state index contributed by atoms with van der Waals surface area (Å²) >= 11 is 1.26. The molecular weight excluding hydrogens is 355 g/mol. The van der Waals surface area contributed by atoms with Crippen LogP contribution in [0.15, 0.2) is 16.7 Å². The van der Waals surface area contributed by atoms with Gasteiger partial charge in [-0.1, -0.05) is 12.1 Å². The van der Waals surface area contributed by atoms with Crippen molar-refractivity contribution in [1.29, 1.82) is 0 Å². The molecule has 0 saturated heterocycles. The smallest absolute Gasteiger partial charge is 0.335 e. The number of amides is 1. The van der Waals surface area contributed by atoms with Crippen molar-refractivity contribution < 1.29 is 22.5 Å². The number of alkyl halides is 3. The lowest BCUT2D eigenvalue weighted by molar-refractivity contribution is -0.159. The van der Waals surface area contributed by atoms with Crippen LogP contribution in [0.3, 0.4) is 0 Å². The number of nitrogens with zero attached hydrogens (tertiary/aromatic N) is 3. The molecule has 2 aromatic heterocycles. The van der Waals surface area contributed by atoms with E-state index < -0.39 is 12.1 Å². The van der Waals surface area contributed by atoms with Gasteiger partial charge in [-0.15, -0.1) is 11.3 Å². The lowest BCUT2D eigenvalue weighted by atomic mass is 10.2. The molecule has 25 heavy (non-hydrogen) atoms. The van der Waals surface area contributed by atoms with Gasteiger partial charge in [-0.05, 0) is 38.3 Å². The molecule has 1 amide bonds. The molecule has 0 radical (unpaired) electrons. The summed E-state index contributed by atoms with van der Waals surface area (Å²) in [4.78, 5) is 19.1. The van der Waals surface area contributed by atoms with E-state index in [9.17, 15) is 18.0 Å². The van der Waals surface area contributed by atoms with Gasteiger partial charge in [0.2, 0.25) is 11.7 Å². The molecule has 2 unspecified atom stereocenters. The van der Waals surface area contributed by atoms with E-state index in [1.54, 1.807) is 17.0 Å². The molecular formula is C16H18F3N3O2S. The van der Waals surface area contributed by atoms with Gasteiger partial charge in [-0.3, -0.25) is 4.79 Å². The number of carbonyl (C=O) groups excluding carboxylic acids is 1. The lowest BCUT2D eigenvalue weighted by Gasteiger charge is -2.26. The van der Waals surface area contributed by atoms with Crippen LogP contribution in [0.2, 0.25) is 0 Å². The molecule has 5 nitrogen and oxygen atoms in total. The maximum Gasteiger partial charge on any atom is 0.471 e. The summed E-state index contributed by atoms with van der Waals surface area (Å²) in [7, 11) is 0. The number of hydrogen-bond acceptors (Lipinski definition) is 5. The first-order valence-corrected chi connectivity index (χ1v) is 8.79. The summed E-state index contributed by atoms with van der Waals surface area (Å²) in [5.41, 5.74) is 0. The largest absolute Gasteiger partial charge is 0.471 e. The average Bonchev–Trinajstić information content (AvgIpc) is 2.96. The third-order valence-electron chi connectivity index (χ3n) is 4.21. The first kappa shape index (κ1) is 17.9. The Kier molecular flexibility index (Phi) is 4.61. The lowest BCUT2D eigenvalue weighted by Crippen LogP contribution is -2.37. The summed E-state index contributed by atoms with van der Waals surface area (Å²) in [6, 6.07) is 3.48. The fourth-order valence-corrected chi connectivity index (χ4v) is 3.52. The summed E-state index contributed by atoms with van der Waals surface area (Å²) in [5, 5.41) is 3.39. The zero-order valence-corrected chi connectivity index (χ0v) is 14.8. The second-order valence-electron chi connectivity index (χ2n) is 6.57. The van der Waals surface area contributed by atoms with Crippen LogP contribution in [0.1, 0.15) is 38.0 Å². The van der Waals surface area contributed by atoms with Crippen LogP contribution in [0.4, 0.5) is 13.2 Å². The van der Waals surface area contributed by atoms with Crippen molar-refractivity contribution >= 4 is 17.2 Å². The maximum atomic E-state index is 12.5. The predicted molar refractivity (Wildman–Crippen MR) is 85.6 cm³/mol. The molecule has 136 valence electrons. The Hall–Kier alpha value is -1.90. The molecule has 2 heterocycles. The molecule has 2 aromatic rings. The SMILES string of the molecule is CC1CC1C(=O)N(Cc1ccc(-c2noc(C(F)(F)F)n2)s1)C(C)C. The number of aromatic nitrogens is 2. The molecule has 0 spiro atoms. The van der Waals surface area contributed by atoms with Gasteiger partial charge in [0.15, 0.2) is 0 Å². The Bertz CT molecular complexity index is 769. The Morgan fingerprint density at radius 2 is 2.12 bits per heavy atom. The first-order chi connectivity index (χ1) is 11.7. The van der Waals surface area contributed by atoms with E-state index in [4.69, 9.17) is 0 Å². The molecule has 9 heteroatoms. The van der Waals surface area contributed by atoms with E-state index in [-0.39, 0.29) is 23.7 Å². The van der Waals surface area contributed by atoms with Crippen LogP contribution in [0.5, 0.6) is 0 Å². The van der Waals surface area contributed by atoms with Gasteiger partial charge < -0.3 is 9.42 Å². The third-order valence-corrected chi connectivity index (χ3v) is 5.28. The minimum Gasteiger partial charge on any atom is -0.335 e. The van der Waals surface area contributed by atoms with E-state index in [2.05, 4.69) is 21.6 Å². The zero-order chi connectivity index (χ0) is 18.4. The molecule has 1 saturated carbocycles. The summed E-state index contributed by atoms with van der Waals surface area (Å²) in [5.74, 6) is -0.807. The molecule has 2 atom stereocenters. The highest BCUT2D eigenvalue weighted by Gasteiger charge is 2.42. The summed E-state index contributed by atoms with van der Waals surface area (Å²) < 4.78 is 41.9. The second-order valence-corrected chi connectivity index (χ2v) is 7.73. The van der Waals surface area contributed by atoms with Gasteiger partial charge in [0, 0.05) is 16.8 Å². The van der Waals surface area contributed by atoms with Gasteiger partial charge in [0.05, 0.1) is 11.4 Å². The highest BCUT2D eigenvalue weighted by atomic mass is 32.1. The van der Waals surface area contributed by atoms with Crippen LogP contribution in [-0.4, -0.2) is 27.0 Å². The average molecular weight is 373 g/mol. The molecule has 0 bridgehead atoms. The normalized spacial score (nSPS) is 20.1. The Labute approximate surface area is 146 Å². The highest BCUT2D eigenvalue weighted by Crippen LogP contribution is 2.40. The van der Waals surface area contributed by atoms with Crippen molar-refractivity contribution in [2.75, 3.05) is 0 Å². The van der Waals surface area contributed by atoms with Gasteiger partial charge in [0.1, 0.15) is 0 Å². The zero-order valence-electron chi connectivity index (χ0n) is 14.0. The topological polar surface area (TPSA) is 59.2 Å². The molecule has 0 N–H and O–H groups in total. The van der Waals surface area contributed by atoms with E-state index in [1.165, 1.54) is 11.3 Å². The van der Waals surface area contributed by atoms with Crippen molar-refractivity contribution in [3.8, 4) is 10.7 Å². The van der Waals surface area contributed by atoms with Crippen molar-refractivity contribution in [3.05, 3.63) is 22.9 Å². The van der Waals surface area contributed by atoms with Crippen molar-refractivity contribution in [2.45, 2.75) is 46.0 Å².